The molecule has 2 rings (SSSR count). The van der Waals surface area contributed by atoms with E-state index in [9.17, 15) is 14.9 Å². The highest BCUT2D eigenvalue weighted by Gasteiger charge is 2.22. The van der Waals surface area contributed by atoms with E-state index in [2.05, 4.69) is 20.6 Å². The normalized spacial score (nSPS) is 10.5. The summed E-state index contributed by atoms with van der Waals surface area (Å²) < 4.78 is 10.6. The number of aromatic nitrogens is 2. The minimum atomic E-state index is -0.655. The number of carbonyl (C=O) groups excluding carboxylic acids is 1. The summed E-state index contributed by atoms with van der Waals surface area (Å²) in [6.07, 6.45) is 1.90. The third-order valence-electron chi connectivity index (χ3n) is 3.35. The molecule has 0 bridgehead atoms. The molecular weight excluding hydrogens is 392 g/mol. The van der Waals surface area contributed by atoms with Crippen molar-refractivity contribution in [2.24, 2.45) is 0 Å². The molecule has 0 atom stereocenters. The maximum atomic E-state index is 11.8. The van der Waals surface area contributed by atoms with Gasteiger partial charge in [-0.15, -0.1) is 0 Å². The molecule has 0 aliphatic carbocycles. The molecule has 12 heteroatoms. The molecule has 2 aromatic heterocycles. The van der Waals surface area contributed by atoms with E-state index in [4.69, 9.17) is 21.1 Å². The van der Waals surface area contributed by atoms with Gasteiger partial charge in [0.1, 0.15) is 23.2 Å². The van der Waals surface area contributed by atoms with E-state index in [-0.39, 0.29) is 34.6 Å². The number of hydrogen-bond donors (Lipinski definition) is 2. The molecule has 0 unspecified atom stereocenters. The number of nitrogens with zero attached hydrogens (tertiary/aromatic N) is 4. The first-order valence-electron chi connectivity index (χ1n) is 8.05. The molecule has 150 valence electrons. The maximum absolute atomic E-state index is 11.8. The van der Waals surface area contributed by atoms with Gasteiger partial charge in [-0.3, -0.25) is 5.32 Å². The van der Waals surface area contributed by atoms with Crippen LogP contribution in [0, 0.1) is 10.1 Å². The summed E-state index contributed by atoms with van der Waals surface area (Å²) in [5, 5.41) is 16.1. The van der Waals surface area contributed by atoms with E-state index in [1.165, 1.54) is 25.4 Å². The maximum Gasteiger partial charge on any atom is 0.412 e. The highest BCUT2D eigenvalue weighted by molar-refractivity contribution is 6.35. The lowest BCUT2D eigenvalue weighted by molar-refractivity contribution is -0.388. The van der Waals surface area contributed by atoms with Crippen molar-refractivity contribution in [2.75, 3.05) is 44.9 Å². The van der Waals surface area contributed by atoms with Gasteiger partial charge in [-0.25, -0.2) is 9.78 Å². The number of nitrogens with one attached hydrogen (secondary N) is 2. The first-order chi connectivity index (χ1) is 13.3. The summed E-state index contributed by atoms with van der Waals surface area (Å²) in [6, 6.07) is 2.98. The number of hydrogen-bond acceptors (Lipinski definition) is 9. The van der Waals surface area contributed by atoms with Crippen LogP contribution in [0.15, 0.2) is 24.5 Å². The Morgan fingerprint density at radius 3 is 2.79 bits per heavy atom. The molecule has 0 saturated carbocycles. The minimum absolute atomic E-state index is 0.00128. The standard InChI is InChI=1S/C16H19ClN6O5/c1-18-14-13(17)11(9-20-15(14)23(25)26)28-10-4-5-19-12(8-10)21-16(24)27-7-6-22(2)3/h4-5,8-9,18H,6-7H2,1-3H3,(H,19,21,24). The van der Waals surface area contributed by atoms with Crippen molar-refractivity contribution in [1.82, 2.24) is 14.9 Å². The summed E-state index contributed by atoms with van der Waals surface area (Å²) in [7, 11) is 5.21. The smallest absolute Gasteiger partial charge is 0.412 e. The molecule has 0 saturated heterocycles. The number of rotatable bonds is 8. The number of amides is 1. The summed E-state index contributed by atoms with van der Waals surface area (Å²) in [6.45, 7) is 0.815. The largest absolute Gasteiger partial charge is 0.452 e. The van der Waals surface area contributed by atoms with Crippen LogP contribution in [0.4, 0.5) is 22.1 Å². The van der Waals surface area contributed by atoms with Crippen LogP contribution in [-0.4, -0.2) is 60.2 Å². The van der Waals surface area contributed by atoms with Gasteiger partial charge in [0.05, 0.1) is 0 Å². The quantitative estimate of drug-likeness (QED) is 0.497. The fourth-order valence-electron chi connectivity index (χ4n) is 2.03. The Morgan fingerprint density at radius 2 is 2.14 bits per heavy atom. The lowest BCUT2D eigenvalue weighted by atomic mass is 10.3. The molecule has 0 radical (unpaired) electrons. The van der Waals surface area contributed by atoms with Crippen LogP contribution in [0.25, 0.3) is 0 Å². The van der Waals surface area contributed by atoms with Gasteiger partial charge < -0.3 is 29.8 Å². The molecule has 2 heterocycles. The average molecular weight is 411 g/mol. The zero-order chi connectivity index (χ0) is 20.7. The predicted octanol–water partition coefficient (Wildman–Crippen LogP) is 2.98. The first kappa shape index (κ1) is 21.1. The Morgan fingerprint density at radius 1 is 1.39 bits per heavy atom. The van der Waals surface area contributed by atoms with Gasteiger partial charge in [-0.1, -0.05) is 11.6 Å². The number of carbonyl (C=O) groups is 1. The van der Waals surface area contributed by atoms with Crippen molar-refractivity contribution in [1.29, 1.82) is 0 Å². The van der Waals surface area contributed by atoms with Crippen LogP contribution in [0.5, 0.6) is 11.5 Å². The Labute approximate surface area is 165 Å². The number of anilines is 2. The molecule has 0 spiro atoms. The topological polar surface area (TPSA) is 132 Å². The third kappa shape index (κ3) is 5.66. The van der Waals surface area contributed by atoms with Crippen LogP contribution >= 0.6 is 11.6 Å². The minimum Gasteiger partial charge on any atom is -0.452 e. The van der Waals surface area contributed by atoms with Crippen molar-refractivity contribution in [3.05, 3.63) is 39.7 Å². The number of pyridine rings is 2. The monoisotopic (exact) mass is 410 g/mol. The van der Waals surface area contributed by atoms with Gasteiger partial charge in [0.2, 0.25) is 0 Å². The summed E-state index contributed by atoms with van der Waals surface area (Å²) in [5.74, 6) is 0.171. The molecule has 11 nitrogen and oxygen atoms in total. The zero-order valence-electron chi connectivity index (χ0n) is 15.4. The van der Waals surface area contributed by atoms with Crippen molar-refractivity contribution in [2.45, 2.75) is 0 Å². The Balaban J connectivity index is 2.11. The van der Waals surface area contributed by atoms with Crippen LogP contribution in [0.2, 0.25) is 5.02 Å². The summed E-state index contributed by atoms with van der Waals surface area (Å²) in [4.78, 5) is 31.7. The summed E-state index contributed by atoms with van der Waals surface area (Å²) >= 11 is 6.17. The van der Waals surface area contributed by atoms with Crippen LogP contribution in [-0.2, 0) is 4.74 Å². The Kier molecular flexibility index (Phi) is 7.29. The molecule has 0 fully saturated rings. The second-order valence-corrected chi connectivity index (χ2v) is 6.06. The van der Waals surface area contributed by atoms with E-state index < -0.39 is 16.8 Å². The molecule has 28 heavy (non-hydrogen) atoms. The van der Waals surface area contributed by atoms with E-state index in [1.54, 1.807) is 0 Å². The highest BCUT2D eigenvalue weighted by Crippen LogP contribution is 2.39. The molecule has 0 aliphatic heterocycles. The van der Waals surface area contributed by atoms with Crippen LogP contribution < -0.4 is 15.4 Å². The zero-order valence-corrected chi connectivity index (χ0v) is 16.2. The number of halogens is 1. The lowest BCUT2D eigenvalue weighted by Gasteiger charge is -2.12. The second-order valence-electron chi connectivity index (χ2n) is 5.69. The summed E-state index contributed by atoms with van der Waals surface area (Å²) in [5.41, 5.74) is 0.0287. The Hall–Kier alpha value is -3.18. The van der Waals surface area contributed by atoms with Crippen LogP contribution in [0.3, 0.4) is 0 Å². The van der Waals surface area contributed by atoms with Gasteiger partial charge in [0.15, 0.2) is 17.6 Å². The van der Waals surface area contributed by atoms with E-state index in [1.807, 2.05) is 19.0 Å². The fraction of sp³-hybridized carbons (Fsp3) is 0.312. The third-order valence-corrected chi connectivity index (χ3v) is 3.72. The van der Waals surface area contributed by atoms with Gasteiger partial charge in [-0.05, 0) is 30.1 Å². The van der Waals surface area contributed by atoms with Crippen molar-refractivity contribution in [3.63, 3.8) is 0 Å². The average Bonchev–Trinajstić information content (AvgIpc) is 2.63. The number of nitro groups is 1. The second kappa shape index (κ2) is 9.67. The van der Waals surface area contributed by atoms with Gasteiger partial charge in [0.25, 0.3) is 0 Å². The number of ether oxygens (including phenoxy) is 2. The molecule has 2 N–H and O–H groups in total. The first-order valence-corrected chi connectivity index (χ1v) is 8.42. The van der Waals surface area contributed by atoms with Crippen LogP contribution in [0.1, 0.15) is 0 Å². The highest BCUT2D eigenvalue weighted by atomic mass is 35.5. The fourth-order valence-corrected chi connectivity index (χ4v) is 2.29. The molecule has 0 aliphatic rings. The van der Waals surface area contributed by atoms with Crippen molar-refractivity contribution < 1.29 is 19.2 Å². The van der Waals surface area contributed by atoms with Gasteiger partial charge >= 0.3 is 11.9 Å². The SMILES string of the molecule is CNc1c([N+](=O)[O-])ncc(Oc2ccnc(NC(=O)OCCN(C)C)c2)c1Cl. The van der Waals surface area contributed by atoms with Crippen molar-refractivity contribution >= 4 is 35.0 Å². The molecular formula is C16H19ClN6O5. The lowest BCUT2D eigenvalue weighted by Crippen LogP contribution is -2.22. The molecule has 2 aromatic rings. The Bertz CT molecular complexity index is 863. The number of likely N-dealkylation sites (N-methyl/N-ethyl adjacent to an activating group) is 1. The van der Waals surface area contributed by atoms with E-state index >= 15 is 0 Å². The predicted molar refractivity (Wildman–Crippen MR) is 103 cm³/mol. The molecule has 1 amide bonds. The van der Waals surface area contributed by atoms with E-state index in [0.717, 1.165) is 6.20 Å². The van der Waals surface area contributed by atoms with Gasteiger partial charge in [0, 0.05) is 25.9 Å². The van der Waals surface area contributed by atoms with E-state index in [0.29, 0.717) is 6.54 Å². The van der Waals surface area contributed by atoms with Gasteiger partial charge in [-0.2, -0.15) is 0 Å². The molecule has 0 aromatic carbocycles. The van der Waals surface area contributed by atoms with Crippen molar-refractivity contribution in [3.8, 4) is 11.5 Å².